The van der Waals surface area contributed by atoms with Gasteiger partial charge in [0.05, 0.1) is 12.7 Å². The summed E-state index contributed by atoms with van der Waals surface area (Å²) < 4.78 is 9.53. The lowest BCUT2D eigenvalue weighted by atomic mass is 10.1. The molecule has 17 heavy (non-hydrogen) atoms. The van der Waals surface area contributed by atoms with E-state index in [1.165, 1.54) is 7.11 Å². The van der Waals surface area contributed by atoms with Gasteiger partial charge in [-0.2, -0.15) is 0 Å². The van der Waals surface area contributed by atoms with E-state index in [0.717, 1.165) is 5.56 Å². The molecule has 0 aliphatic rings. The van der Waals surface area contributed by atoms with Crippen molar-refractivity contribution >= 4 is 11.9 Å². The molecular formula is C13H14O4. The van der Waals surface area contributed by atoms with E-state index in [2.05, 4.69) is 11.3 Å². The Morgan fingerprint density at radius 3 is 2.29 bits per heavy atom. The SMILES string of the molecule is C=C(C)C(=O)OCc1ccc(C(=O)OC)cc1. The molecule has 0 fully saturated rings. The zero-order valence-corrected chi connectivity index (χ0v) is 9.86. The van der Waals surface area contributed by atoms with E-state index in [1.54, 1.807) is 31.2 Å². The van der Waals surface area contributed by atoms with Crippen molar-refractivity contribution in [2.75, 3.05) is 7.11 Å². The predicted octanol–water partition coefficient (Wildman–Crippen LogP) is 2.09. The van der Waals surface area contributed by atoms with Crippen LogP contribution in [0.1, 0.15) is 22.8 Å². The van der Waals surface area contributed by atoms with Gasteiger partial charge in [0, 0.05) is 5.57 Å². The van der Waals surface area contributed by atoms with Crippen LogP contribution < -0.4 is 0 Å². The molecule has 4 nitrogen and oxygen atoms in total. The van der Waals surface area contributed by atoms with Crippen LogP contribution in [0.2, 0.25) is 0 Å². The lowest BCUT2D eigenvalue weighted by Gasteiger charge is -2.05. The van der Waals surface area contributed by atoms with Crippen LogP contribution in [0.15, 0.2) is 36.4 Å². The number of esters is 2. The fraction of sp³-hybridized carbons (Fsp3) is 0.231. The Balaban J connectivity index is 2.60. The van der Waals surface area contributed by atoms with Crippen molar-refractivity contribution in [2.24, 2.45) is 0 Å². The molecule has 0 saturated carbocycles. The maximum Gasteiger partial charge on any atom is 0.337 e. The van der Waals surface area contributed by atoms with Crippen LogP contribution >= 0.6 is 0 Å². The number of ether oxygens (including phenoxy) is 2. The van der Waals surface area contributed by atoms with Gasteiger partial charge in [0.1, 0.15) is 6.61 Å². The van der Waals surface area contributed by atoms with Crippen molar-refractivity contribution in [1.29, 1.82) is 0 Å². The molecule has 0 unspecified atom stereocenters. The minimum Gasteiger partial charge on any atom is -0.465 e. The molecule has 1 rings (SSSR count). The molecule has 0 saturated heterocycles. The number of hydrogen-bond acceptors (Lipinski definition) is 4. The summed E-state index contributed by atoms with van der Waals surface area (Å²) in [5.74, 6) is -0.822. The van der Waals surface area contributed by atoms with Gasteiger partial charge in [0.2, 0.25) is 0 Å². The van der Waals surface area contributed by atoms with E-state index >= 15 is 0 Å². The van der Waals surface area contributed by atoms with Crippen molar-refractivity contribution in [1.82, 2.24) is 0 Å². The highest BCUT2D eigenvalue weighted by Gasteiger charge is 2.06. The second-order valence-corrected chi connectivity index (χ2v) is 3.54. The van der Waals surface area contributed by atoms with Gasteiger partial charge in [0.15, 0.2) is 0 Å². The Morgan fingerprint density at radius 1 is 1.24 bits per heavy atom. The Hall–Kier alpha value is -2.10. The molecule has 0 bridgehead atoms. The van der Waals surface area contributed by atoms with E-state index in [0.29, 0.717) is 11.1 Å². The number of carbonyl (C=O) groups excluding carboxylic acids is 2. The van der Waals surface area contributed by atoms with Gasteiger partial charge in [-0.25, -0.2) is 9.59 Å². The van der Waals surface area contributed by atoms with E-state index in [-0.39, 0.29) is 6.61 Å². The number of hydrogen-bond donors (Lipinski definition) is 0. The second kappa shape index (κ2) is 5.84. The zero-order chi connectivity index (χ0) is 12.8. The van der Waals surface area contributed by atoms with Crippen molar-refractivity contribution in [2.45, 2.75) is 13.5 Å². The molecule has 1 aromatic carbocycles. The van der Waals surface area contributed by atoms with E-state index < -0.39 is 11.9 Å². The van der Waals surface area contributed by atoms with Crippen LogP contribution in [0.4, 0.5) is 0 Å². The van der Waals surface area contributed by atoms with Gasteiger partial charge in [0.25, 0.3) is 0 Å². The van der Waals surface area contributed by atoms with Crippen molar-refractivity contribution in [3.05, 3.63) is 47.5 Å². The van der Waals surface area contributed by atoms with Crippen LogP contribution in [0.5, 0.6) is 0 Å². The lowest BCUT2D eigenvalue weighted by molar-refractivity contribution is -0.140. The summed E-state index contributed by atoms with van der Waals surface area (Å²) in [4.78, 5) is 22.3. The molecule has 0 spiro atoms. The monoisotopic (exact) mass is 234 g/mol. The van der Waals surface area contributed by atoms with E-state index in [4.69, 9.17) is 4.74 Å². The molecule has 0 aliphatic carbocycles. The first kappa shape index (κ1) is 13.0. The molecule has 0 radical (unpaired) electrons. The first-order chi connectivity index (χ1) is 8.04. The van der Waals surface area contributed by atoms with Gasteiger partial charge in [-0.3, -0.25) is 0 Å². The van der Waals surface area contributed by atoms with Crippen molar-refractivity contribution in [3.63, 3.8) is 0 Å². The van der Waals surface area contributed by atoms with Crippen molar-refractivity contribution < 1.29 is 19.1 Å². The van der Waals surface area contributed by atoms with Gasteiger partial charge in [-0.1, -0.05) is 18.7 Å². The first-order valence-corrected chi connectivity index (χ1v) is 5.04. The fourth-order valence-corrected chi connectivity index (χ4v) is 1.13. The van der Waals surface area contributed by atoms with E-state index in [1.807, 2.05) is 0 Å². The first-order valence-electron chi connectivity index (χ1n) is 5.04. The standard InChI is InChI=1S/C13H14O4/c1-9(2)12(14)17-8-10-4-6-11(7-5-10)13(15)16-3/h4-7H,1,8H2,2-3H3. The summed E-state index contributed by atoms with van der Waals surface area (Å²) in [5, 5.41) is 0. The van der Waals surface area contributed by atoms with Crippen LogP contribution in [-0.2, 0) is 20.9 Å². The summed E-state index contributed by atoms with van der Waals surface area (Å²) in [5.41, 5.74) is 1.62. The lowest BCUT2D eigenvalue weighted by Crippen LogP contribution is -2.05. The Labute approximate surface area is 99.8 Å². The minimum absolute atomic E-state index is 0.160. The number of benzene rings is 1. The van der Waals surface area contributed by atoms with Crippen LogP contribution in [0, 0.1) is 0 Å². The van der Waals surface area contributed by atoms with Gasteiger partial charge < -0.3 is 9.47 Å². The molecule has 0 aromatic heterocycles. The molecule has 90 valence electrons. The molecule has 0 aliphatic heterocycles. The average molecular weight is 234 g/mol. The number of rotatable bonds is 4. The topological polar surface area (TPSA) is 52.6 Å². The Bertz CT molecular complexity index is 431. The summed E-state index contributed by atoms with van der Waals surface area (Å²) in [7, 11) is 1.32. The summed E-state index contributed by atoms with van der Waals surface area (Å²) in [6, 6.07) is 6.65. The van der Waals surface area contributed by atoms with Crippen LogP contribution in [0.25, 0.3) is 0 Å². The second-order valence-electron chi connectivity index (χ2n) is 3.54. The van der Waals surface area contributed by atoms with Gasteiger partial charge in [-0.15, -0.1) is 0 Å². The normalized spacial score (nSPS) is 9.53. The van der Waals surface area contributed by atoms with Crippen LogP contribution in [-0.4, -0.2) is 19.0 Å². The average Bonchev–Trinajstić information content (AvgIpc) is 2.35. The molecule has 0 heterocycles. The highest BCUT2D eigenvalue weighted by molar-refractivity contribution is 5.89. The van der Waals surface area contributed by atoms with Gasteiger partial charge in [-0.05, 0) is 24.6 Å². The third-order valence-electron chi connectivity index (χ3n) is 2.09. The summed E-state index contributed by atoms with van der Waals surface area (Å²) in [6.45, 7) is 5.23. The molecule has 4 heteroatoms. The number of methoxy groups -OCH3 is 1. The highest BCUT2D eigenvalue weighted by atomic mass is 16.5. The predicted molar refractivity (Wildman–Crippen MR) is 62.4 cm³/mol. The van der Waals surface area contributed by atoms with Crippen molar-refractivity contribution in [3.8, 4) is 0 Å². The van der Waals surface area contributed by atoms with Crippen LogP contribution in [0.3, 0.4) is 0 Å². The highest BCUT2D eigenvalue weighted by Crippen LogP contribution is 2.07. The molecule has 0 amide bonds. The maximum absolute atomic E-state index is 11.2. The molecule has 1 aromatic rings. The third-order valence-corrected chi connectivity index (χ3v) is 2.09. The Kier molecular flexibility index (Phi) is 4.46. The molecule has 0 atom stereocenters. The third kappa shape index (κ3) is 3.75. The number of carbonyl (C=O) groups is 2. The Morgan fingerprint density at radius 2 is 1.82 bits per heavy atom. The van der Waals surface area contributed by atoms with E-state index in [9.17, 15) is 9.59 Å². The molecular weight excluding hydrogens is 220 g/mol. The zero-order valence-electron chi connectivity index (χ0n) is 9.86. The minimum atomic E-state index is -0.429. The maximum atomic E-state index is 11.2. The fourth-order valence-electron chi connectivity index (χ4n) is 1.13. The van der Waals surface area contributed by atoms with Gasteiger partial charge >= 0.3 is 11.9 Å². The molecule has 0 N–H and O–H groups in total. The largest absolute Gasteiger partial charge is 0.465 e. The quantitative estimate of drug-likeness (QED) is 0.591. The summed E-state index contributed by atoms with van der Waals surface area (Å²) in [6.07, 6.45) is 0. The summed E-state index contributed by atoms with van der Waals surface area (Å²) >= 11 is 0. The smallest absolute Gasteiger partial charge is 0.337 e.